The van der Waals surface area contributed by atoms with Crippen molar-refractivity contribution in [1.82, 2.24) is 0 Å². The van der Waals surface area contributed by atoms with Crippen molar-refractivity contribution in [3.63, 3.8) is 0 Å². The molecule has 1 aliphatic rings. The molecule has 0 fully saturated rings. The van der Waals surface area contributed by atoms with Gasteiger partial charge >= 0.3 is 5.63 Å². The minimum atomic E-state index is -0.698. The van der Waals surface area contributed by atoms with Crippen molar-refractivity contribution in [3.8, 4) is 28.7 Å². The molecule has 0 spiro atoms. The van der Waals surface area contributed by atoms with Crippen LogP contribution in [0, 0.1) is 0 Å². The normalized spacial score (nSPS) is 13.1. The molecular weight excluding hydrogens is 280 g/mol. The second-order valence-electron chi connectivity index (χ2n) is 4.58. The maximum absolute atomic E-state index is 12.0. The number of hydrogen-bond donors (Lipinski definition) is 3. The van der Waals surface area contributed by atoms with Crippen LogP contribution in [-0.4, -0.2) is 22.1 Å². The van der Waals surface area contributed by atoms with E-state index in [0.717, 1.165) is 6.07 Å². The Hall–Kier alpha value is -3.09. The van der Waals surface area contributed by atoms with Crippen molar-refractivity contribution in [3.05, 3.63) is 28.6 Å². The van der Waals surface area contributed by atoms with Crippen molar-refractivity contribution in [2.75, 3.05) is 6.79 Å². The fourth-order valence-corrected chi connectivity index (χ4v) is 2.50. The Morgan fingerprint density at radius 2 is 1.81 bits per heavy atom. The molecule has 0 amide bonds. The third-order valence-electron chi connectivity index (χ3n) is 3.42. The van der Waals surface area contributed by atoms with Crippen LogP contribution in [-0.2, 0) is 0 Å². The number of fused-ring (bicyclic) bond motifs is 5. The van der Waals surface area contributed by atoms with Crippen LogP contribution in [0.25, 0.3) is 21.7 Å². The SMILES string of the molecule is O=c1oc2c(O)cc(O)c(O)c2c2c3c(ccc12)OCO3. The molecule has 1 aliphatic heterocycles. The third kappa shape index (κ3) is 1.40. The van der Waals surface area contributed by atoms with Gasteiger partial charge in [0.1, 0.15) is 0 Å². The molecule has 7 nitrogen and oxygen atoms in total. The molecule has 21 heavy (non-hydrogen) atoms. The van der Waals surface area contributed by atoms with Crippen LogP contribution in [0.15, 0.2) is 27.4 Å². The Balaban J connectivity index is 2.38. The minimum Gasteiger partial charge on any atom is -0.504 e. The molecule has 7 heteroatoms. The summed E-state index contributed by atoms with van der Waals surface area (Å²) in [5.41, 5.74) is -0.928. The summed E-state index contributed by atoms with van der Waals surface area (Å²) in [5.74, 6) is -0.856. The Morgan fingerprint density at radius 3 is 2.62 bits per heavy atom. The summed E-state index contributed by atoms with van der Waals surface area (Å²) in [6.45, 7) is -0.0261. The van der Waals surface area contributed by atoms with Crippen LogP contribution < -0.4 is 15.1 Å². The van der Waals surface area contributed by atoms with E-state index in [1.165, 1.54) is 6.07 Å². The van der Waals surface area contributed by atoms with Gasteiger partial charge in [0.25, 0.3) is 0 Å². The monoisotopic (exact) mass is 288 g/mol. The Bertz CT molecular complexity index is 971. The Kier molecular flexibility index (Phi) is 2.08. The lowest BCUT2D eigenvalue weighted by Gasteiger charge is -2.09. The fourth-order valence-electron chi connectivity index (χ4n) is 2.50. The maximum Gasteiger partial charge on any atom is 0.344 e. The maximum atomic E-state index is 12.0. The van der Waals surface area contributed by atoms with Gasteiger partial charge in [-0.15, -0.1) is 0 Å². The predicted molar refractivity (Wildman–Crippen MR) is 71.1 cm³/mol. The summed E-state index contributed by atoms with van der Waals surface area (Å²) in [4.78, 5) is 12.0. The highest BCUT2D eigenvalue weighted by Crippen LogP contribution is 2.48. The highest BCUT2D eigenvalue weighted by molar-refractivity contribution is 6.13. The van der Waals surface area contributed by atoms with E-state index in [9.17, 15) is 20.1 Å². The van der Waals surface area contributed by atoms with E-state index in [0.29, 0.717) is 5.75 Å². The van der Waals surface area contributed by atoms with E-state index < -0.39 is 22.9 Å². The fraction of sp³-hybridized carbons (Fsp3) is 0.0714. The highest BCUT2D eigenvalue weighted by atomic mass is 16.7. The molecule has 4 rings (SSSR count). The van der Waals surface area contributed by atoms with Crippen LogP contribution >= 0.6 is 0 Å². The van der Waals surface area contributed by atoms with Gasteiger partial charge in [-0.05, 0) is 12.1 Å². The number of phenols is 3. The number of ether oxygens (including phenoxy) is 2. The van der Waals surface area contributed by atoms with Gasteiger partial charge in [-0.25, -0.2) is 4.79 Å². The Labute approximate surface area is 116 Å². The molecule has 3 aromatic rings. The smallest absolute Gasteiger partial charge is 0.344 e. The number of phenolic OH excluding ortho intramolecular Hbond substituents is 3. The number of rotatable bonds is 0. The first-order valence-corrected chi connectivity index (χ1v) is 6.01. The van der Waals surface area contributed by atoms with E-state index in [2.05, 4.69) is 0 Å². The lowest BCUT2D eigenvalue weighted by Crippen LogP contribution is -2.00. The summed E-state index contributed by atoms with van der Waals surface area (Å²) in [5, 5.41) is 29.9. The van der Waals surface area contributed by atoms with Gasteiger partial charge in [0.2, 0.25) is 6.79 Å². The zero-order valence-electron chi connectivity index (χ0n) is 10.4. The molecule has 0 saturated carbocycles. The number of benzene rings is 2. The van der Waals surface area contributed by atoms with Gasteiger partial charge in [-0.2, -0.15) is 0 Å². The molecule has 0 radical (unpaired) electrons. The average molecular weight is 288 g/mol. The quantitative estimate of drug-likeness (QED) is 0.250. The average Bonchev–Trinajstić information content (AvgIpc) is 2.93. The van der Waals surface area contributed by atoms with E-state index in [4.69, 9.17) is 13.9 Å². The van der Waals surface area contributed by atoms with E-state index in [-0.39, 0.29) is 34.3 Å². The largest absolute Gasteiger partial charge is 0.504 e. The molecule has 3 N–H and O–H groups in total. The van der Waals surface area contributed by atoms with Crippen LogP contribution in [0.1, 0.15) is 0 Å². The highest BCUT2D eigenvalue weighted by Gasteiger charge is 2.25. The minimum absolute atomic E-state index is 0.00977. The molecule has 0 aliphatic carbocycles. The van der Waals surface area contributed by atoms with E-state index in [1.54, 1.807) is 6.07 Å². The van der Waals surface area contributed by atoms with Crippen LogP contribution in [0.5, 0.6) is 28.7 Å². The van der Waals surface area contributed by atoms with Crippen molar-refractivity contribution >= 4 is 21.7 Å². The zero-order valence-corrected chi connectivity index (χ0v) is 10.4. The second-order valence-corrected chi connectivity index (χ2v) is 4.58. The van der Waals surface area contributed by atoms with E-state index in [1.807, 2.05) is 0 Å². The van der Waals surface area contributed by atoms with Gasteiger partial charge in [-0.1, -0.05) is 0 Å². The lowest BCUT2D eigenvalue weighted by atomic mass is 10.0. The molecule has 0 bridgehead atoms. The molecule has 0 saturated heterocycles. The van der Waals surface area contributed by atoms with Gasteiger partial charge in [0.15, 0.2) is 34.3 Å². The van der Waals surface area contributed by atoms with Crippen molar-refractivity contribution < 1.29 is 29.2 Å². The molecule has 106 valence electrons. The van der Waals surface area contributed by atoms with Gasteiger partial charge in [-0.3, -0.25) is 0 Å². The summed E-state index contributed by atoms with van der Waals surface area (Å²) < 4.78 is 15.6. The lowest BCUT2D eigenvalue weighted by molar-refractivity contribution is 0.175. The topological polar surface area (TPSA) is 109 Å². The summed E-state index contributed by atoms with van der Waals surface area (Å²) in [6.07, 6.45) is 0. The zero-order chi connectivity index (χ0) is 14.7. The van der Waals surface area contributed by atoms with Gasteiger partial charge in [0.05, 0.1) is 16.2 Å². The van der Waals surface area contributed by atoms with Crippen LogP contribution in [0.3, 0.4) is 0 Å². The van der Waals surface area contributed by atoms with Crippen LogP contribution in [0.4, 0.5) is 0 Å². The summed E-state index contributed by atoms with van der Waals surface area (Å²) in [6, 6.07) is 3.91. The number of hydrogen-bond acceptors (Lipinski definition) is 7. The Morgan fingerprint density at radius 1 is 1.00 bits per heavy atom. The van der Waals surface area contributed by atoms with Crippen molar-refractivity contribution in [2.24, 2.45) is 0 Å². The standard InChI is InChI=1S/C14H8O7/c15-6-3-7(16)12-10(11(6)17)9-5(14(18)21-12)1-2-8-13(9)20-4-19-8/h1-3,15-17H,4H2. The molecule has 2 heterocycles. The summed E-state index contributed by atoms with van der Waals surface area (Å²) in [7, 11) is 0. The molecular formula is C14H8O7. The summed E-state index contributed by atoms with van der Waals surface area (Å²) >= 11 is 0. The van der Waals surface area contributed by atoms with Gasteiger partial charge < -0.3 is 29.2 Å². The second kappa shape index (κ2) is 3.72. The predicted octanol–water partition coefficient (Wildman–Crippen LogP) is 1.79. The van der Waals surface area contributed by atoms with E-state index >= 15 is 0 Å². The molecule has 0 atom stereocenters. The first kappa shape index (κ1) is 11.7. The van der Waals surface area contributed by atoms with Crippen molar-refractivity contribution in [2.45, 2.75) is 0 Å². The third-order valence-corrected chi connectivity index (χ3v) is 3.42. The molecule has 2 aromatic carbocycles. The van der Waals surface area contributed by atoms with Gasteiger partial charge in [0, 0.05) is 6.07 Å². The molecule has 0 unspecified atom stereocenters. The van der Waals surface area contributed by atoms with Crippen molar-refractivity contribution in [1.29, 1.82) is 0 Å². The first-order valence-electron chi connectivity index (χ1n) is 6.01. The number of aromatic hydroxyl groups is 3. The first-order chi connectivity index (χ1) is 10.1. The van der Waals surface area contributed by atoms with Crippen LogP contribution in [0.2, 0.25) is 0 Å². The molecule has 1 aromatic heterocycles.